The van der Waals surface area contributed by atoms with Gasteiger partial charge in [0.2, 0.25) is 5.91 Å². The van der Waals surface area contributed by atoms with E-state index in [0.717, 1.165) is 0 Å². The summed E-state index contributed by atoms with van der Waals surface area (Å²) in [7, 11) is -0.885. The van der Waals surface area contributed by atoms with Gasteiger partial charge in [0.25, 0.3) is 0 Å². The van der Waals surface area contributed by atoms with Gasteiger partial charge >= 0.3 is 0 Å². The van der Waals surface area contributed by atoms with E-state index in [1.807, 2.05) is 0 Å². The molecule has 7 nitrogen and oxygen atoms in total. The molecule has 1 aromatic carbocycles. The third kappa shape index (κ3) is 5.24. The molecular weight excluding hydrogens is 296 g/mol. The summed E-state index contributed by atoms with van der Waals surface area (Å²) in [6.07, 6.45) is 0.619. The quantitative estimate of drug-likeness (QED) is 0.524. The number of nitrogen functional groups attached to an aromatic ring is 1. The zero-order valence-corrected chi connectivity index (χ0v) is 12.9. The number of nitrogens with two attached hydrogens (primary N) is 1. The minimum Gasteiger partial charge on any atom is -0.495 e. The fourth-order valence-corrected chi connectivity index (χ4v) is 3.01. The lowest BCUT2D eigenvalue weighted by molar-refractivity contribution is -0.118. The van der Waals surface area contributed by atoms with Crippen LogP contribution in [-0.4, -0.2) is 47.4 Å². The van der Waals surface area contributed by atoms with Crippen molar-refractivity contribution in [2.24, 2.45) is 0 Å². The molecule has 0 bridgehead atoms. The van der Waals surface area contributed by atoms with E-state index in [0.29, 0.717) is 25.3 Å². The van der Waals surface area contributed by atoms with Gasteiger partial charge in [0, 0.05) is 32.0 Å². The molecule has 3 N–H and O–H groups in total. The lowest BCUT2D eigenvalue weighted by Crippen LogP contribution is -2.31. The molecule has 0 atom stereocenters. The van der Waals surface area contributed by atoms with E-state index >= 15 is 0 Å². The molecule has 0 aliphatic heterocycles. The minimum atomic E-state index is -3.79. The van der Waals surface area contributed by atoms with E-state index in [-0.39, 0.29) is 10.6 Å². The molecule has 118 valence electrons. The molecule has 8 heteroatoms. The molecule has 0 aliphatic carbocycles. The number of anilines is 1. The zero-order chi connectivity index (χ0) is 15.9. The van der Waals surface area contributed by atoms with Crippen molar-refractivity contribution < 1.29 is 22.7 Å². The van der Waals surface area contributed by atoms with Crippen molar-refractivity contribution in [3.63, 3.8) is 0 Å². The number of ether oxygens (including phenoxy) is 2. The summed E-state index contributed by atoms with van der Waals surface area (Å²) in [5.74, 6) is -1.08. The Kier molecular flexibility index (Phi) is 6.44. The number of rotatable bonds is 8. The first-order valence-corrected chi connectivity index (χ1v) is 7.98. The molecule has 0 radical (unpaired) electrons. The molecule has 0 saturated heterocycles. The highest BCUT2D eigenvalue weighted by Crippen LogP contribution is 2.26. The lowest BCUT2D eigenvalue weighted by Gasteiger charge is -2.10. The Morgan fingerprint density at radius 2 is 2.05 bits per heavy atom. The summed E-state index contributed by atoms with van der Waals surface area (Å²) in [5.41, 5.74) is 5.96. The average molecular weight is 316 g/mol. The molecule has 1 aromatic rings. The second kappa shape index (κ2) is 7.84. The highest BCUT2D eigenvalue weighted by Gasteiger charge is 2.23. The number of carbonyl (C=O) groups is 1. The highest BCUT2D eigenvalue weighted by atomic mass is 32.2. The van der Waals surface area contributed by atoms with Crippen LogP contribution in [-0.2, 0) is 19.4 Å². The maximum absolute atomic E-state index is 12.2. The molecule has 0 aromatic heterocycles. The van der Waals surface area contributed by atoms with Crippen LogP contribution in [0.5, 0.6) is 5.75 Å². The number of hydrogen-bond acceptors (Lipinski definition) is 6. The van der Waals surface area contributed by atoms with Gasteiger partial charge in [0.05, 0.1) is 7.11 Å². The average Bonchev–Trinajstić information content (AvgIpc) is 2.42. The first kappa shape index (κ1) is 17.3. The highest BCUT2D eigenvalue weighted by molar-refractivity contribution is 7.92. The predicted octanol–water partition coefficient (Wildman–Crippen LogP) is 0.204. The topological polar surface area (TPSA) is 108 Å². The van der Waals surface area contributed by atoms with Gasteiger partial charge in [-0.05, 0) is 18.6 Å². The second-order valence-corrected chi connectivity index (χ2v) is 6.32. The van der Waals surface area contributed by atoms with Crippen molar-refractivity contribution in [1.29, 1.82) is 0 Å². The summed E-state index contributed by atoms with van der Waals surface area (Å²) < 4.78 is 34.3. The monoisotopic (exact) mass is 316 g/mol. The number of benzene rings is 1. The molecule has 1 amide bonds. The largest absolute Gasteiger partial charge is 0.495 e. The third-order valence-electron chi connectivity index (χ3n) is 2.69. The molecular formula is C13H20N2O5S. The van der Waals surface area contributed by atoms with Crippen LogP contribution in [0.1, 0.15) is 6.42 Å². The Balaban J connectivity index is 2.75. The zero-order valence-electron chi connectivity index (χ0n) is 12.1. The standard InChI is InChI=1S/C13H20N2O5S/c1-19-7-3-6-15-13(16)9-21(17,18)12-5-4-10(14)8-11(12)20-2/h4-5,8H,3,6-7,9,14H2,1-2H3,(H,15,16). The van der Waals surface area contributed by atoms with E-state index in [2.05, 4.69) is 5.32 Å². The van der Waals surface area contributed by atoms with Crippen molar-refractivity contribution >= 4 is 21.4 Å². The molecule has 0 aliphatic rings. The maximum atomic E-state index is 12.2. The van der Waals surface area contributed by atoms with E-state index in [4.69, 9.17) is 15.2 Å². The molecule has 1 rings (SSSR count). The van der Waals surface area contributed by atoms with Crippen LogP contribution >= 0.6 is 0 Å². The molecule has 0 fully saturated rings. The van der Waals surface area contributed by atoms with E-state index in [1.54, 1.807) is 7.11 Å². The van der Waals surface area contributed by atoms with Crippen molar-refractivity contribution in [2.75, 3.05) is 38.9 Å². The van der Waals surface area contributed by atoms with Crippen molar-refractivity contribution in [2.45, 2.75) is 11.3 Å². The van der Waals surface area contributed by atoms with Crippen molar-refractivity contribution in [3.8, 4) is 5.75 Å². The normalized spacial score (nSPS) is 11.1. The van der Waals surface area contributed by atoms with Crippen LogP contribution in [0.2, 0.25) is 0 Å². The molecule has 0 spiro atoms. The van der Waals surface area contributed by atoms with Gasteiger partial charge in [0.1, 0.15) is 16.4 Å². The Morgan fingerprint density at radius 1 is 1.33 bits per heavy atom. The Hall–Kier alpha value is -1.80. The Bertz CT molecular complexity index is 586. The number of amides is 1. The summed E-state index contributed by atoms with van der Waals surface area (Å²) in [5, 5.41) is 2.53. The minimum absolute atomic E-state index is 0.0498. The third-order valence-corrected chi connectivity index (χ3v) is 4.34. The smallest absolute Gasteiger partial charge is 0.235 e. The second-order valence-electron chi connectivity index (χ2n) is 4.37. The summed E-state index contributed by atoms with van der Waals surface area (Å²) in [6, 6.07) is 4.19. The van der Waals surface area contributed by atoms with Gasteiger partial charge in [0.15, 0.2) is 9.84 Å². The van der Waals surface area contributed by atoms with Gasteiger partial charge in [-0.25, -0.2) is 8.42 Å². The fourth-order valence-electron chi connectivity index (χ4n) is 1.69. The maximum Gasteiger partial charge on any atom is 0.235 e. The number of nitrogens with one attached hydrogen (secondary N) is 1. The van der Waals surface area contributed by atoms with Crippen LogP contribution < -0.4 is 15.8 Å². The van der Waals surface area contributed by atoms with Crippen molar-refractivity contribution in [1.82, 2.24) is 5.32 Å². The lowest BCUT2D eigenvalue weighted by atomic mass is 10.3. The molecule has 0 heterocycles. The van der Waals surface area contributed by atoms with E-state index < -0.39 is 21.5 Å². The van der Waals surface area contributed by atoms with Gasteiger partial charge in [-0.15, -0.1) is 0 Å². The number of sulfone groups is 1. The Labute approximate surface area is 124 Å². The number of hydrogen-bond donors (Lipinski definition) is 2. The molecule has 0 saturated carbocycles. The van der Waals surface area contributed by atoms with E-state index in [1.165, 1.54) is 25.3 Å². The SMILES string of the molecule is COCCCNC(=O)CS(=O)(=O)c1ccc(N)cc1OC. The Morgan fingerprint density at radius 3 is 2.67 bits per heavy atom. The first-order chi connectivity index (χ1) is 9.90. The van der Waals surface area contributed by atoms with Crippen LogP contribution in [0.15, 0.2) is 23.1 Å². The van der Waals surface area contributed by atoms with Crippen LogP contribution in [0.3, 0.4) is 0 Å². The first-order valence-electron chi connectivity index (χ1n) is 6.32. The van der Waals surface area contributed by atoms with Crippen LogP contribution in [0.4, 0.5) is 5.69 Å². The predicted molar refractivity (Wildman–Crippen MR) is 79.0 cm³/mol. The van der Waals surface area contributed by atoms with Gasteiger partial charge in [-0.2, -0.15) is 0 Å². The van der Waals surface area contributed by atoms with Crippen LogP contribution in [0.25, 0.3) is 0 Å². The van der Waals surface area contributed by atoms with Gasteiger partial charge in [-0.1, -0.05) is 0 Å². The summed E-state index contributed by atoms with van der Waals surface area (Å²) >= 11 is 0. The number of methoxy groups -OCH3 is 2. The molecule has 21 heavy (non-hydrogen) atoms. The summed E-state index contributed by atoms with van der Waals surface area (Å²) in [6.45, 7) is 0.861. The number of carbonyl (C=O) groups excluding carboxylic acids is 1. The summed E-state index contributed by atoms with van der Waals surface area (Å²) in [4.78, 5) is 11.6. The van der Waals surface area contributed by atoms with E-state index in [9.17, 15) is 13.2 Å². The van der Waals surface area contributed by atoms with Gasteiger partial charge < -0.3 is 20.5 Å². The molecule has 0 unspecified atom stereocenters. The van der Waals surface area contributed by atoms with Crippen molar-refractivity contribution in [3.05, 3.63) is 18.2 Å². The van der Waals surface area contributed by atoms with Gasteiger partial charge in [-0.3, -0.25) is 4.79 Å². The fraction of sp³-hybridized carbons (Fsp3) is 0.462. The van der Waals surface area contributed by atoms with Crippen LogP contribution in [0, 0.1) is 0 Å².